The van der Waals surface area contributed by atoms with E-state index in [2.05, 4.69) is 0 Å². The molecule has 110 valence electrons. The van der Waals surface area contributed by atoms with Gasteiger partial charge in [0.15, 0.2) is 0 Å². The SMILES string of the molecule is CCC(COc1cc(C#N)cc(OC)c1)CS(N)(=O)=O. The fourth-order valence-electron chi connectivity index (χ4n) is 1.66. The highest BCUT2D eigenvalue weighted by Crippen LogP contribution is 2.23. The van der Waals surface area contributed by atoms with Gasteiger partial charge in [0.2, 0.25) is 10.0 Å². The van der Waals surface area contributed by atoms with Gasteiger partial charge in [-0.15, -0.1) is 0 Å². The fraction of sp³-hybridized carbons (Fsp3) is 0.462. The summed E-state index contributed by atoms with van der Waals surface area (Å²) in [5.74, 6) is 0.660. The maximum Gasteiger partial charge on any atom is 0.209 e. The van der Waals surface area contributed by atoms with E-state index in [0.717, 1.165) is 0 Å². The molecule has 0 fully saturated rings. The first-order valence-corrected chi connectivity index (χ1v) is 7.82. The lowest BCUT2D eigenvalue weighted by atomic mass is 10.1. The summed E-state index contributed by atoms with van der Waals surface area (Å²) in [6.07, 6.45) is 0.630. The predicted octanol–water partition coefficient (Wildman–Crippen LogP) is 1.26. The smallest absolute Gasteiger partial charge is 0.209 e. The number of benzene rings is 1. The van der Waals surface area contributed by atoms with Crippen LogP contribution in [0.25, 0.3) is 0 Å². The number of hydrogen-bond acceptors (Lipinski definition) is 5. The monoisotopic (exact) mass is 298 g/mol. The molecule has 1 unspecified atom stereocenters. The van der Waals surface area contributed by atoms with E-state index in [1.165, 1.54) is 7.11 Å². The van der Waals surface area contributed by atoms with E-state index in [0.29, 0.717) is 23.5 Å². The van der Waals surface area contributed by atoms with Crippen molar-refractivity contribution in [3.63, 3.8) is 0 Å². The molecule has 1 aromatic carbocycles. The molecule has 0 aliphatic heterocycles. The summed E-state index contributed by atoms with van der Waals surface area (Å²) >= 11 is 0. The Morgan fingerprint density at radius 1 is 1.35 bits per heavy atom. The van der Waals surface area contributed by atoms with E-state index in [1.807, 2.05) is 13.0 Å². The van der Waals surface area contributed by atoms with Crippen molar-refractivity contribution >= 4 is 10.0 Å². The standard InChI is InChI=1S/C13H18N2O4S/c1-3-10(9-20(15,16)17)8-19-13-5-11(7-14)4-12(6-13)18-2/h4-6,10H,3,8-9H2,1-2H3,(H2,15,16,17). The van der Waals surface area contributed by atoms with Gasteiger partial charge in [0.1, 0.15) is 11.5 Å². The summed E-state index contributed by atoms with van der Waals surface area (Å²) in [4.78, 5) is 0. The quantitative estimate of drug-likeness (QED) is 0.816. The van der Waals surface area contributed by atoms with Crippen LogP contribution in [-0.4, -0.2) is 27.9 Å². The van der Waals surface area contributed by atoms with Gasteiger partial charge in [0, 0.05) is 12.0 Å². The summed E-state index contributed by atoms with van der Waals surface area (Å²) in [5.41, 5.74) is 0.416. The van der Waals surface area contributed by atoms with Crippen molar-refractivity contribution in [1.29, 1.82) is 5.26 Å². The lowest BCUT2D eigenvalue weighted by molar-refractivity contribution is 0.256. The molecule has 20 heavy (non-hydrogen) atoms. The normalized spacial score (nSPS) is 12.5. The van der Waals surface area contributed by atoms with E-state index in [1.54, 1.807) is 18.2 Å². The maximum atomic E-state index is 11.1. The van der Waals surface area contributed by atoms with Crippen molar-refractivity contribution in [1.82, 2.24) is 0 Å². The molecule has 0 aromatic heterocycles. The van der Waals surface area contributed by atoms with E-state index >= 15 is 0 Å². The highest BCUT2D eigenvalue weighted by molar-refractivity contribution is 7.89. The molecule has 2 N–H and O–H groups in total. The maximum absolute atomic E-state index is 11.1. The predicted molar refractivity (Wildman–Crippen MR) is 75.0 cm³/mol. The zero-order valence-corrected chi connectivity index (χ0v) is 12.3. The lowest BCUT2D eigenvalue weighted by Crippen LogP contribution is -2.26. The van der Waals surface area contributed by atoms with Crippen LogP contribution in [0.5, 0.6) is 11.5 Å². The van der Waals surface area contributed by atoms with E-state index in [9.17, 15) is 8.42 Å². The summed E-state index contributed by atoms with van der Waals surface area (Å²) in [5, 5.41) is 13.9. The van der Waals surface area contributed by atoms with Gasteiger partial charge in [-0.05, 0) is 18.6 Å². The molecule has 0 saturated carbocycles. The van der Waals surface area contributed by atoms with Crippen molar-refractivity contribution in [3.05, 3.63) is 23.8 Å². The van der Waals surface area contributed by atoms with Gasteiger partial charge in [0.25, 0.3) is 0 Å². The molecule has 0 saturated heterocycles. The van der Waals surface area contributed by atoms with Crippen LogP contribution in [0.1, 0.15) is 18.9 Å². The summed E-state index contributed by atoms with van der Waals surface area (Å²) < 4.78 is 32.7. The van der Waals surface area contributed by atoms with Crippen LogP contribution in [-0.2, 0) is 10.0 Å². The minimum Gasteiger partial charge on any atom is -0.497 e. The van der Waals surface area contributed by atoms with Crippen molar-refractivity contribution in [3.8, 4) is 17.6 Å². The molecule has 1 aromatic rings. The highest BCUT2D eigenvalue weighted by atomic mass is 32.2. The molecular formula is C13H18N2O4S. The number of sulfonamides is 1. The highest BCUT2D eigenvalue weighted by Gasteiger charge is 2.15. The van der Waals surface area contributed by atoms with Crippen molar-refractivity contribution in [2.75, 3.05) is 19.5 Å². The first kappa shape index (κ1) is 16.3. The molecule has 1 atom stereocenters. The third-order valence-corrected chi connectivity index (χ3v) is 3.71. The average molecular weight is 298 g/mol. The Balaban J connectivity index is 2.76. The Bertz CT molecular complexity index is 593. The second-order valence-electron chi connectivity index (χ2n) is 4.42. The van der Waals surface area contributed by atoms with Crippen molar-refractivity contribution in [2.45, 2.75) is 13.3 Å². The molecule has 1 rings (SSSR count). The van der Waals surface area contributed by atoms with Gasteiger partial charge < -0.3 is 9.47 Å². The number of nitrogens with two attached hydrogens (primary N) is 1. The topological polar surface area (TPSA) is 102 Å². The Kier molecular flexibility index (Phi) is 5.80. The van der Waals surface area contributed by atoms with Crippen LogP contribution in [0.2, 0.25) is 0 Å². The number of primary sulfonamides is 1. The zero-order chi connectivity index (χ0) is 15.2. The van der Waals surface area contributed by atoms with Crippen molar-refractivity contribution in [2.24, 2.45) is 11.1 Å². The third-order valence-electron chi connectivity index (χ3n) is 2.78. The minimum absolute atomic E-state index is 0.126. The Morgan fingerprint density at radius 2 is 2.00 bits per heavy atom. The molecule has 7 heteroatoms. The number of ether oxygens (including phenoxy) is 2. The van der Waals surface area contributed by atoms with Gasteiger partial charge in [0.05, 0.1) is 31.1 Å². The molecular weight excluding hydrogens is 280 g/mol. The summed E-state index contributed by atoms with van der Waals surface area (Å²) in [6.45, 7) is 2.08. The van der Waals surface area contributed by atoms with Crippen LogP contribution >= 0.6 is 0 Å². The first-order chi connectivity index (χ1) is 9.37. The Morgan fingerprint density at radius 3 is 2.50 bits per heavy atom. The fourth-order valence-corrected chi connectivity index (χ4v) is 2.65. The van der Waals surface area contributed by atoms with Gasteiger partial charge in [-0.3, -0.25) is 0 Å². The second kappa shape index (κ2) is 7.12. The minimum atomic E-state index is -3.52. The Hall–Kier alpha value is -1.78. The van der Waals surface area contributed by atoms with Gasteiger partial charge in [-0.25, -0.2) is 13.6 Å². The summed E-state index contributed by atoms with van der Waals surface area (Å²) in [6, 6.07) is 6.82. The molecule has 0 spiro atoms. The number of nitriles is 1. The third kappa shape index (κ3) is 5.47. The van der Waals surface area contributed by atoms with E-state index < -0.39 is 10.0 Å². The number of rotatable bonds is 7. The van der Waals surface area contributed by atoms with Crippen molar-refractivity contribution < 1.29 is 17.9 Å². The molecule has 0 radical (unpaired) electrons. The second-order valence-corrected chi connectivity index (χ2v) is 6.08. The number of nitrogens with zero attached hydrogens (tertiary/aromatic N) is 1. The van der Waals surface area contributed by atoms with Gasteiger partial charge in [-0.2, -0.15) is 5.26 Å². The summed E-state index contributed by atoms with van der Waals surface area (Å²) in [7, 11) is -2.03. The van der Waals surface area contributed by atoms with Crippen LogP contribution in [0, 0.1) is 17.2 Å². The van der Waals surface area contributed by atoms with Crippen LogP contribution in [0.3, 0.4) is 0 Å². The van der Waals surface area contributed by atoms with Gasteiger partial charge in [-0.1, -0.05) is 6.92 Å². The van der Waals surface area contributed by atoms with Gasteiger partial charge >= 0.3 is 0 Å². The van der Waals surface area contributed by atoms with Crippen LogP contribution in [0.15, 0.2) is 18.2 Å². The number of hydrogen-bond donors (Lipinski definition) is 1. The van der Waals surface area contributed by atoms with Crippen LogP contribution < -0.4 is 14.6 Å². The molecule has 6 nitrogen and oxygen atoms in total. The Labute approximate surface area is 119 Å². The molecule has 0 heterocycles. The lowest BCUT2D eigenvalue weighted by Gasteiger charge is -2.15. The first-order valence-electron chi connectivity index (χ1n) is 6.10. The molecule has 0 aliphatic rings. The molecule has 0 bridgehead atoms. The van der Waals surface area contributed by atoms with E-state index in [-0.39, 0.29) is 18.3 Å². The number of methoxy groups -OCH3 is 1. The average Bonchev–Trinajstić information content (AvgIpc) is 2.41. The van der Waals surface area contributed by atoms with E-state index in [4.69, 9.17) is 19.9 Å². The molecule has 0 amide bonds. The molecule has 0 aliphatic carbocycles. The zero-order valence-electron chi connectivity index (χ0n) is 11.5. The van der Waals surface area contributed by atoms with Crippen LogP contribution in [0.4, 0.5) is 0 Å². The largest absolute Gasteiger partial charge is 0.497 e.